The Hall–Kier alpha value is 0.500. The average Bonchev–Trinajstić information content (AvgIpc) is 1.88. The number of rotatable bonds is 1. The molecule has 10 heavy (non-hydrogen) atoms. The van der Waals surface area contributed by atoms with Gasteiger partial charge in [-0.05, 0) is 6.26 Å². The van der Waals surface area contributed by atoms with Crippen LogP contribution in [0.3, 0.4) is 0 Å². The number of hydrogen-bond donors (Lipinski definition) is 0. The summed E-state index contributed by atoms with van der Waals surface area (Å²) < 4.78 is 12.3. The van der Waals surface area contributed by atoms with Gasteiger partial charge in [0.25, 0.3) is 0 Å². The van der Waals surface area contributed by atoms with Crippen molar-refractivity contribution in [2.45, 2.75) is 4.90 Å². The van der Waals surface area contributed by atoms with E-state index < -0.39 is 0 Å². The van der Waals surface area contributed by atoms with Crippen molar-refractivity contribution >= 4 is 11.8 Å². The summed E-state index contributed by atoms with van der Waals surface area (Å²) in [5.74, 6) is -0.290. The zero-order chi connectivity index (χ0) is 6.69. The molecular weight excluding hydrogens is 158 g/mol. The van der Waals surface area contributed by atoms with Crippen LogP contribution in [-0.4, -0.2) is 6.26 Å². The van der Waals surface area contributed by atoms with E-state index in [1.807, 2.05) is 12.3 Å². The topological polar surface area (TPSA) is 0 Å². The molecule has 0 bridgehead atoms. The maximum atomic E-state index is 12.3. The standard InChI is InChI=1S/C7H6FS.Na/c1-9-7-4-2-3-6(8)5-7;/h2-4H,1H3;/q-1;+1. The van der Waals surface area contributed by atoms with Crippen molar-refractivity contribution < 1.29 is 33.9 Å². The molecule has 0 aromatic heterocycles. The van der Waals surface area contributed by atoms with Crippen molar-refractivity contribution in [2.75, 3.05) is 6.26 Å². The van der Waals surface area contributed by atoms with Crippen LogP contribution in [0, 0.1) is 11.9 Å². The van der Waals surface area contributed by atoms with Crippen molar-refractivity contribution in [2.24, 2.45) is 0 Å². The quantitative estimate of drug-likeness (QED) is 0.302. The first-order valence-electron chi connectivity index (χ1n) is 2.55. The Balaban J connectivity index is 0.000000810. The van der Waals surface area contributed by atoms with Gasteiger partial charge in [0.15, 0.2) is 0 Å². The smallest absolute Gasteiger partial charge is 0.236 e. The van der Waals surface area contributed by atoms with Gasteiger partial charge in [0.2, 0.25) is 0 Å². The second-order valence-electron chi connectivity index (χ2n) is 1.57. The third-order valence-electron chi connectivity index (χ3n) is 0.953. The van der Waals surface area contributed by atoms with Gasteiger partial charge in [-0.2, -0.15) is 23.9 Å². The van der Waals surface area contributed by atoms with Gasteiger partial charge in [-0.15, -0.1) is 17.0 Å². The maximum absolute atomic E-state index is 12.3. The molecule has 0 atom stereocenters. The minimum Gasteiger partial charge on any atom is -0.236 e. The fourth-order valence-electron chi connectivity index (χ4n) is 0.540. The summed E-state index contributed by atoms with van der Waals surface area (Å²) in [6.07, 6.45) is 1.89. The van der Waals surface area contributed by atoms with E-state index in [4.69, 9.17) is 0 Å². The van der Waals surface area contributed by atoms with Crippen molar-refractivity contribution in [3.8, 4) is 0 Å². The number of hydrogen-bond acceptors (Lipinski definition) is 1. The molecule has 0 aliphatic heterocycles. The zero-order valence-corrected chi connectivity index (χ0v) is 8.83. The summed E-state index contributed by atoms with van der Waals surface area (Å²) in [7, 11) is 0. The van der Waals surface area contributed by atoms with E-state index in [0.29, 0.717) is 0 Å². The fourth-order valence-corrected chi connectivity index (χ4v) is 0.954. The molecule has 0 fully saturated rings. The molecule has 3 heteroatoms. The molecular formula is C7H6FNaS. The Morgan fingerprint density at radius 1 is 1.50 bits per heavy atom. The van der Waals surface area contributed by atoms with Crippen molar-refractivity contribution in [3.05, 3.63) is 30.1 Å². The van der Waals surface area contributed by atoms with E-state index in [2.05, 4.69) is 6.07 Å². The van der Waals surface area contributed by atoms with Crippen molar-refractivity contribution in [3.63, 3.8) is 0 Å². The van der Waals surface area contributed by atoms with Crippen LogP contribution in [0.5, 0.6) is 0 Å². The Morgan fingerprint density at radius 2 is 2.20 bits per heavy atom. The van der Waals surface area contributed by atoms with Crippen LogP contribution in [0.25, 0.3) is 0 Å². The van der Waals surface area contributed by atoms with E-state index in [1.54, 1.807) is 6.07 Å². The minimum absolute atomic E-state index is 0. The van der Waals surface area contributed by atoms with Gasteiger partial charge in [0.1, 0.15) is 0 Å². The third kappa shape index (κ3) is 3.06. The second kappa shape index (κ2) is 5.19. The average molecular weight is 164 g/mol. The summed E-state index contributed by atoms with van der Waals surface area (Å²) in [5.41, 5.74) is 0. The van der Waals surface area contributed by atoms with Crippen LogP contribution in [-0.2, 0) is 0 Å². The third-order valence-corrected chi connectivity index (χ3v) is 1.63. The minimum atomic E-state index is -0.290. The number of halogens is 1. The molecule has 0 aliphatic carbocycles. The van der Waals surface area contributed by atoms with Crippen LogP contribution in [0.4, 0.5) is 4.39 Å². The maximum Gasteiger partial charge on any atom is 1.00 e. The van der Waals surface area contributed by atoms with Crippen LogP contribution in [0.15, 0.2) is 23.1 Å². The fraction of sp³-hybridized carbons (Fsp3) is 0.143. The first kappa shape index (κ1) is 10.5. The van der Waals surface area contributed by atoms with Crippen LogP contribution in [0.2, 0.25) is 0 Å². The van der Waals surface area contributed by atoms with E-state index in [9.17, 15) is 4.39 Å². The molecule has 0 unspecified atom stereocenters. The summed E-state index contributed by atoms with van der Waals surface area (Å²) in [6, 6.07) is 7.45. The predicted molar refractivity (Wildman–Crippen MR) is 37.0 cm³/mol. The number of benzene rings is 1. The summed E-state index contributed by atoms with van der Waals surface area (Å²) in [5, 5.41) is 0. The van der Waals surface area contributed by atoms with Crippen LogP contribution in [0.1, 0.15) is 0 Å². The molecule has 1 rings (SSSR count). The molecule has 0 radical (unpaired) electrons. The van der Waals surface area contributed by atoms with Gasteiger partial charge < -0.3 is 0 Å². The first-order valence-corrected chi connectivity index (χ1v) is 3.77. The van der Waals surface area contributed by atoms with Gasteiger partial charge >= 0.3 is 29.6 Å². The largest absolute Gasteiger partial charge is 1.00 e. The molecule has 0 heterocycles. The van der Waals surface area contributed by atoms with E-state index in [1.165, 1.54) is 17.8 Å². The van der Waals surface area contributed by atoms with Crippen molar-refractivity contribution in [1.29, 1.82) is 0 Å². The summed E-state index contributed by atoms with van der Waals surface area (Å²) >= 11 is 1.49. The first-order chi connectivity index (χ1) is 4.33. The van der Waals surface area contributed by atoms with Gasteiger partial charge in [-0.25, -0.2) is 4.39 Å². The normalized spacial score (nSPS) is 8.60. The molecule has 0 spiro atoms. The predicted octanol–water partition coefficient (Wildman–Crippen LogP) is -0.648. The molecule has 0 saturated carbocycles. The molecule has 48 valence electrons. The second-order valence-corrected chi connectivity index (χ2v) is 2.42. The van der Waals surface area contributed by atoms with Crippen LogP contribution >= 0.6 is 11.8 Å². The molecule has 1 aromatic rings. The number of thioether (sulfide) groups is 1. The molecule has 0 aliphatic rings. The SMILES string of the molecule is CSc1[c-]c(F)ccc1.[Na+]. The van der Waals surface area contributed by atoms with Gasteiger partial charge in [0, 0.05) is 5.82 Å². The van der Waals surface area contributed by atoms with Crippen molar-refractivity contribution in [1.82, 2.24) is 0 Å². The monoisotopic (exact) mass is 164 g/mol. The van der Waals surface area contributed by atoms with E-state index in [0.717, 1.165) is 4.90 Å². The molecule has 0 amide bonds. The summed E-state index contributed by atoms with van der Waals surface area (Å²) in [6.45, 7) is 0. The molecule has 0 saturated heterocycles. The molecule has 0 N–H and O–H groups in total. The Labute approximate surface area is 86.5 Å². The molecule has 0 nitrogen and oxygen atoms in total. The summed E-state index contributed by atoms with van der Waals surface area (Å²) in [4.78, 5) is 0.843. The van der Waals surface area contributed by atoms with E-state index >= 15 is 0 Å². The zero-order valence-electron chi connectivity index (χ0n) is 6.02. The van der Waals surface area contributed by atoms with Gasteiger partial charge in [-0.3, -0.25) is 0 Å². The Bertz CT molecular complexity index is 203. The van der Waals surface area contributed by atoms with Gasteiger partial charge in [0.05, 0.1) is 0 Å². The van der Waals surface area contributed by atoms with Gasteiger partial charge in [-0.1, -0.05) is 0 Å². The van der Waals surface area contributed by atoms with E-state index in [-0.39, 0.29) is 35.4 Å². The Morgan fingerprint density at radius 3 is 2.60 bits per heavy atom. The molecule has 1 aromatic carbocycles. The Kier molecular flexibility index (Phi) is 5.45. The van der Waals surface area contributed by atoms with Crippen LogP contribution < -0.4 is 29.6 Å².